The third kappa shape index (κ3) is 2.29. The number of hydrogen-bond acceptors (Lipinski definition) is 4. The van der Waals surface area contributed by atoms with E-state index in [1.807, 2.05) is 16.9 Å². The summed E-state index contributed by atoms with van der Waals surface area (Å²) in [4.78, 5) is 9.43. The van der Waals surface area contributed by atoms with Crippen molar-refractivity contribution in [2.24, 2.45) is 0 Å². The number of fused-ring (bicyclic) bond motifs is 3. The smallest absolute Gasteiger partial charge is 0.157 e. The molecule has 0 amide bonds. The summed E-state index contributed by atoms with van der Waals surface area (Å²) in [5, 5.41) is 4.90. The van der Waals surface area contributed by atoms with E-state index in [1.54, 1.807) is 0 Å². The zero-order valence-electron chi connectivity index (χ0n) is 12.8. The number of nitrogens with zero attached hydrogens (tertiary/aromatic N) is 5. The number of aryl methyl sites for hydroxylation is 1. The molecule has 21 heavy (non-hydrogen) atoms. The molecule has 0 bridgehead atoms. The topological polar surface area (TPSA) is 36.7 Å². The van der Waals surface area contributed by atoms with Crippen molar-refractivity contribution < 1.29 is 0 Å². The van der Waals surface area contributed by atoms with Gasteiger partial charge in [-0.1, -0.05) is 0 Å². The molecule has 0 radical (unpaired) electrons. The van der Waals surface area contributed by atoms with Gasteiger partial charge in [0.25, 0.3) is 0 Å². The molecule has 1 saturated heterocycles. The molecule has 0 spiro atoms. The number of rotatable bonds is 1. The Morgan fingerprint density at radius 2 is 1.81 bits per heavy atom. The van der Waals surface area contributed by atoms with Gasteiger partial charge >= 0.3 is 0 Å². The van der Waals surface area contributed by atoms with Crippen molar-refractivity contribution in [3.8, 4) is 0 Å². The molecule has 1 aliphatic heterocycles. The molecule has 4 rings (SSSR count). The second-order valence-corrected chi connectivity index (χ2v) is 6.33. The lowest BCUT2D eigenvalue weighted by Gasteiger charge is -2.27. The number of imidazole rings is 1. The van der Waals surface area contributed by atoms with Gasteiger partial charge in [0.15, 0.2) is 11.5 Å². The van der Waals surface area contributed by atoms with Gasteiger partial charge in [-0.05, 0) is 45.7 Å². The van der Waals surface area contributed by atoms with Crippen LogP contribution >= 0.6 is 0 Å². The van der Waals surface area contributed by atoms with E-state index in [4.69, 9.17) is 5.10 Å². The maximum absolute atomic E-state index is 4.90. The van der Waals surface area contributed by atoms with E-state index in [0.29, 0.717) is 0 Å². The molecule has 0 aromatic carbocycles. The highest BCUT2D eigenvalue weighted by Crippen LogP contribution is 2.31. The number of likely N-dealkylation sites (N-methyl/N-ethyl adjacent to an activating group) is 1. The predicted octanol–water partition coefficient (Wildman–Crippen LogP) is 1.75. The fourth-order valence-electron chi connectivity index (χ4n) is 3.67. The fourth-order valence-corrected chi connectivity index (χ4v) is 3.67. The van der Waals surface area contributed by atoms with E-state index < -0.39 is 0 Å². The summed E-state index contributed by atoms with van der Waals surface area (Å²) in [6.07, 6.45) is 9.95. The lowest BCUT2D eigenvalue weighted by molar-refractivity contribution is 0.360. The SMILES string of the molecule is CN1CCCN(c2nn3ccnc3c3c2CCCC3)CC1. The summed E-state index contributed by atoms with van der Waals surface area (Å²) in [6.45, 7) is 4.50. The fraction of sp³-hybridized carbons (Fsp3) is 0.625. The van der Waals surface area contributed by atoms with Crippen LogP contribution in [0.1, 0.15) is 30.4 Å². The van der Waals surface area contributed by atoms with Crippen LogP contribution < -0.4 is 4.90 Å². The van der Waals surface area contributed by atoms with Crippen LogP contribution in [-0.4, -0.2) is 52.7 Å². The first-order chi connectivity index (χ1) is 10.3. The van der Waals surface area contributed by atoms with Crippen LogP contribution in [0.5, 0.6) is 0 Å². The van der Waals surface area contributed by atoms with Crippen molar-refractivity contribution in [2.75, 3.05) is 38.1 Å². The van der Waals surface area contributed by atoms with E-state index in [9.17, 15) is 0 Å². The van der Waals surface area contributed by atoms with Crippen molar-refractivity contribution in [3.63, 3.8) is 0 Å². The Morgan fingerprint density at radius 3 is 2.71 bits per heavy atom. The maximum atomic E-state index is 4.90. The Morgan fingerprint density at radius 1 is 0.952 bits per heavy atom. The zero-order chi connectivity index (χ0) is 14.2. The first kappa shape index (κ1) is 13.1. The molecule has 1 aliphatic carbocycles. The largest absolute Gasteiger partial charge is 0.354 e. The molecule has 112 valence electrons. The molecule has 2 aliphatic rings. The summed E-state index contributed by atoms with van der Waals surface area (Å²) >= 11 is 0. The lowest BCUT2D eigenvalue weighted by atomic mass is 9.92. The van der Waals surface area contributed by atoms with Crippen LogP contribution in [0.2, 0.25) is 0 Å². The van der Waals surface area contributed by atoms with Gasteiger partial charge in [-0.2, -0.15) is 0 Å². The lowest BCUT2D eigenvalue weighted by Crippen LogP contribution is -2.31. The standard InChI is InChI=1S/C16H23N5/c1-19-8-4-9-20(12-11-19)16-14-6-3-2-5-13(14)15-17-7-10-21(15)18-16/h7,10H,2-6,8-9,11-12H2,1H3. The Kier molecular flexibility index (Phi) is 3.30. The van der Waals surface area contributed by atoms with Crippen molar-refractivity contribution in [1.29, 1.82) is 0 Å². The quantitative estimate of drug-likeness (QED) is 0.800. The first-order valence-corrected chi connectivity index (χ1v) is 8.11. The van der Waals surface area contributed by atoms with Gasteiger partial charge in [0, 0.05) is 43.2 Å². The highest BCUT2D eigenvalue weighted by molar-refractivity contribution is 5.61. The van der Waals surface area contributed by atoms with Crippen molar-refractivity contribution in [3.05, 3.63) is 23.5 Å². The van der Waals surface area contributed by atoms with Crippen LogP contribution in [0.3, 0.4) is 0 Å². The maximum Gasteiger partial charge on any atom is 0.157 e. The van der Waals surface area contributed by atoms with Crippen LogP contribution in [0.15, 0.2) is 12.4 Å². The van der Waals surface area contributed by atoms with E-state index in [1.165, 1.54) is 42.8 Å². The summed E-state index contributed by atoms with van der Waals surface area (Å²) < 4.78 is 1.98. The van der Waals surface area contributed by atoms with E-state index in [-0.39, 0.29) is 0 Å². The molecule has 0 N–H and O–H groups in total. The minimum Gasteiger partial charge on any atom is -0.354 e. The summed E-state index contributed by atoms with van der Waals surface area (Å²) in [5.74, 6) is 1.21. The average Bonchev–Trinajstić information content (AvgIpc) is 2.88. The molecule has 2 aromatic rings. The van der Waals surface area contributed by atoms with Crippen molar-refractivity contribution in [2.45, 2.75) is 32.1 Å². The van der Waals surface area contributed by atoms with Crippen molar-refractivity contribution in [1.82, 2.24) is 19.5 Å². The molecule has 0 saturated carbocycles. The number of aromatic nitrogens is 3. The van der Waals surface area contributed by atoms with Gasteiger partial charge in [0.1, 0.15) is 0 Å². The normalized spacial score (nSPS) is 20.5. The van der Waals surface area contributed by atoms with E-state index in [0.717, 1.165) is 38.1 Å². The van der Waals surface area contributed by atoms with Gasteiger partial charge in [-0.25, -0.2) is 9.50 Å². The van der Waals surface area contributed by atoms with Gasteiger partial charge in [0.05, 0.1) is 0 Å². The zero-order valence-corrected chi connectivity index (χ0v) is 12.8. The van der Waals surface area contributed by atoms with E-state index in [2.05, 4.69) is 21.8 Å². The Labute approximate surface area is 125 Å². The first-order valence-electron chi connectivity index (χ1n) is 8.11. The molecule has 1 fully saturated rings. The van der Waals surface area contributed by atoms with Crippen LogP contribution in [-0.2, 0) is 12.8 Å². The molecule has 3 heterocycles. The average molecular weight is 285 g/mol. The van der Waals surface area contributed by atoms with E-state index >= 15 is 0 Å². The van der Waals surface area contributed by atoms with Crippen LogP contribution in [0.4, 0.5) is 5.82 Å². The molecule has 0 unspecified atom stereocenters. The molecule has 5 heteroatoms. The Balaban J connectivity index is 1.80. The van der Waals surface area contributed by atoms with Crippen LogP contribution in [0, 0.1) is 0 Å². The third-order valence-electron chi connectivity index (χ3n) is 4.85. The highest BCUT2D eigenvalue weighted by Gasteiger charge is 2.23. The second-order valence-electron chi connectivity index (χ2n) is 6.33. The third-order valence-corrected chi connectivity index (χ3v) is 4.85. The minimum atomic E-state index is 1.07. The summed E-state index contributed by atoms with van der Waals surface area (Å²) in [5.41, 5.74) is 3.97. The predicted molar refractivity (Wildman–Crippen MR) is 84.0 cm³/mol. The molecule has 5 nitrogen and oxygen atoms in total. The van der Waals surface area contributed by atoms with Gasteiger partial charge in [0.2, 0.25) is 0 Å². The summed E-state index contributed by atoms with van der Waals surface area (Å²) in [6, 6.07) is 0. The van der Waals surface area contributed by atoms with Gasteiger partial charge in [-0.15, -0.1) is 5.10 Å². The Hall–Kier alpha value is -1.62. The monoisotopic (exact) mass is 285 g/mol. The molecular formula is C16H23N5. The minimum absolute atomic E-state index is 1.07. The summed E-state index contributed by atoms with van der Waals surface area (Å²) in [7, 11) is 2.21. The molecular weight excluding hydrogens is 262 g/mol. The number of hydrogen-bond donors (Lipinski definition) is 0. The van der Waals surface area contributed by atoms with Gasteiger partial charge in [-0.3, -0.25) is 0 Å². The Bertz CT molecular complexity index is 647. The second kappa shape index (κ2) is 5.30. The van der Waals surface area contributed by atoms with Gasteiger partial charge < -0.3 is 9.80 Å². The molecule has 2 aromatic heterocycles. The number of anilines is 1. The molecule has 0 atom stereocenters. The van der Waals surface area contributed by atoms with Crippen molar-refractivity contribution >= 4 is 11.5 Å². The highest BCUT2D eigenvalue weighted by atomic mass is 15.3. The van der Waals surface area contributed by atoms with Crippen LogP contribution in [0.25, 0.3) is 5.65 Å².